The van der Waals surface area contributed by atoms with E-state index >= 15 is 0 Å². The summed E-state index contributed by atoms with van der Waals surface area (Å²) in [5, 5.41) is 8.39. The maximum Gasteiger partial charge on any atom is 0.371 e. The number of aromatic carboxylic acids is 1. The molecular formula is C12H18O5S. The molecule has 0 saturated carbocycles. The Labute approximate surface area is 107 Å². The fourth-order valence-electron chi connectivity index (χ4n) is 1.60. The molecule has 1 rings (SSSR count). The van der Waals surface area contributed by atoms with E-state index in [1.807, 2.05) is 0 Å². The molecule has 1 heterocycles. The van der Waals surface area contributed by atoms with Crippen LogP contribution in [0, 0.1) is 0 Å². The smallest absolute Gasteiger partial charge is 0.371 e. The van der Waals surface area contributed by atoms with Crippen molar-refractivity contribution in [1.29, 1.82) is 0 Å². The van der Waals surface area contributed by atoms with Crippen LogP contribution < -0.4 is 0 Å². The summed E-state index contributed by atoms with van der Waals surface area (Å²) in [6, 6.07) is 2.36. The van der Waals surface area contributed by atoms with Crippen molar-refractivity contribution in [3.8, 4) is 0 Å². The van der Waals surface area contributed by atoms with Gasteiger partial charge in [-0.1, -0.05) is 32.6 Å². The largest absolute Gasteiger partial charge is 0.475 e. The zero-order chi connectivity index (χ0) is 13.6. The maximum absolute atomic E-state index is 11.8. The quantitative estimate of drug-likeness (QED) is 0.737. The lowest BCUT2D eigenvalue weighted by Crippen LogP contribution is -2.06. The van der Waals surface area contributed by atoms with Crippen LogP contribution in [0.3, 0.4) is 0 Å². The van der Waals surface area contributed by atoms with E-state index in [1.54, 1.807) is 0 Å². The molecule has 0 bridgehead atoms. The van der Waals surface area contributed by atoms with Crippen molar-refractivity contribution >= 4 is 15.8 Å². The zero-order valence-corrected chi connectivity index (χ0v) is 11.2. The second kappa shape index (κ2) is 6.58. The first-order chi connectivity index (χ1) is 8.47. The Balaban J connectivity index is 2.54. The first-order valence-electron chi connectivity index (χ1n) is 6.03. The molecule has 0 aliphatic carbocycles. The second-order valence-electron chi connectivity index (χ2n) is 4.16. The van der Waals surface area contributed by atoms with Crippen molar-refractivity contribution in [2.45, 2.75) is 44.1 Å². The highest BCUT2D eigenvalue weighted by Crippen LogP contribution is 2.17. The zero-order valence-electron chi connectivity index (χ0n) is 10.4. The summed E-state index contributed by atoms with van der Waals surface area (Å²) >= 11 is 0. The molecule has 102 valence electrons. The highest BCUT2D eigenvalue weighted by atomic mass is 32.2. The maximum atomic E-state index is 11.8. The first kappa shape index (κ1) is 14.8. The van der Waals surface area contributed by atoms with Crippen LogP contribution in [0.1, 0.15) is 49.6 Å². The van der Waals surface area contributed by atoms with Crippen LogP contribution in [-0.4, -0.2) is 25.2 Å². The third-order valence-electron chi connectivity index (χ3n) is 2.62. The van der Waals surface area contributed by atoms with Gasteiger partial charge in [0.1, 0.15) is 0 Å². The predicted octanol–water partition coefficient (Wildman–Crippen LogP) is 2.72. The molecule has 0 atom stereocenters. The van der Waals surface area contributed by atoms with Crippen LogP contribution in [0.4, 0.5) is 0 Å². The molecule has 0 radical (unpaired) electrons. The standard InChI is InChI=1S/C12H18O5S/c1-2-3-4-5-6-9-18(15,16)11-8-7-10(17-11)12(13)14/h7-8H,2-6,9H2,1H3,(H,13,14). The second-order valence-corrected chi connectivity index (χ2v) is 6.20. The third kappa shape index (κ3) is 4.18. The molecule has 0 amide bonds. The van der Waals surface area contributed by atoms with E-state index in [2.05, 4.69) is 6.92 Å². The Morgan fingerprint density at radius 3 is 2.44 bits per heavy atom. The Morgan fingerprint density at radius 1 is 1.22 bits per heavy atom. The van der Waals surface area contributed by atoms with E-state index in [0.717, 1.165) is 31.7 Å². The minimum Gasteiger partial charge on any atom is -0.475 e. The van der Waals surface area contributed by atoms with Crippen molar-refractivity contribution in [3.05, 3.63) is 17.9 Å². The van der Waals surface area contributed by atoms with Crippen molar-refractivity contribution in [2.75, 3.05) is 5.75 Å². The average molecular weight is 274 g/mol. The molecule has 0 saturated heterocycles. The number of furan rings is 1. The first-order valence-corrected chi connectivity index (χ1v) is 7.68. The lowest BCUT2D eigenvalue weighted by molar-refractivity contribution is 0.0656. The van der Waals surface area contributed by atoms with Gasteiger partial charge in [-0.05, 0) is 18.6 Å². The number of carboxylic acids is 1. The molecule has 0 aliphatic rings. The Hall–Kier alpha value is -1.30. The summed E-state index contributed by atoms with van der Waals surface area (Å²) in [6.07, 6.45) is 4.66. The summed E-state index contributed by atoms with van der Waals surface area (Å²) in [5.41, 5.74) is 0. The SMILES string of the molecule is CCCCCCCS(=O)(=O)c1ccc(C(=O)O)o1. The minimum atomic E-state index is -3.49. The molecule has 6 heteroatoms. The fourth-order valence-corrected chi connectivity index (χ4v) is 2.88. The van der Waals surface area contributed by atoms with E-state index < -0.39 is 15.8 Å². The van der Waals surface area contributed by atoms with Crippen LogP contribution in [0.25, 0.3) is 0 Å². The minimum absolute atomic E-state index is 0.00326. The molecule has 5 nitrogen and oxygen atoms in total. The molecule has 0 spiro atoms. The van der Waals surface area contributed by atoms with Gasteiger partial charge in [-0.2, -0.15) is 0 Å². The summed E-state index contributed by atoms with van der Waals surface area (Å²) in [5.74, 6) is -1.61. The predicted molar refractivity (Wildman–Crippen MR) is 66.5 cm³/mol. The summed E-state index contributed by atoms with van der Waals surface area (Å²) < 4.78 is 28.4. The number of carboxylic acid groups (broad SMARTS) is 1. The Kier molecular flexibility index (Phi) is 5.40. The third-order valence-corrected chi connectivity index (χ3v) is 4.27. The summed E-state index contributed by atoms with van der Waals surface area (Å²) in [6.45, 7) is 2.09. The summed E-state index contributed by atoms with van der Waals surface area (Å²) in [4.78, 5) is 10.6. The molecule has 0 aromatic carbocycles. The number of carbonyl (C=O) groups is 1. The van der Waals surface area contributed by atoms with Crippen molar-refractivity contribution in [1.82, 2.24) is 0 Å². The molecule has 0 fully saturated rings. The van der Waals surface area contributed by atoms with Crippen LogP contribution in [0.15, 0.2) is 21.6 Å². The molecule has 0 unspecified atom stereocenters. The topological polar surface area (TPSA) is 84.6 Å². The molecule has 1 N–H and O–H groups in total. The van der Waals surface area contributed by atoms with Gasteiger partial charge in [-0.3, -0.25) is 0 Å². The lowest BCUT2D eigenvalue weighted by Gasteiger charge is -2.01. The van der Waals surface area contributed by atoms with Gasteiger partial charge in [0.15, 0.2) is 0 Å². The molecule has 1 aromatic rings. The summed E-state index contributed by atoms with van der Waals surface area (Å²) in [7, 11) is -3.49. The van der Waals surface area contributed by atoms with Gasteiger partial charge in [-0.25, -0.2) is 13.2 Å². The van der Waals surface area contributed by atoms with Gasteiger partial charge in [0.05, 0.1) is 5.75 Å². The number of sulfone groups is 1. The van der Waals surface area contributed by atoms with Crippen LogP contribution in [0.5, 0.6) is 0 Å². The normalized spacial score (nSPS) is 11.6. The molecule has 1 aromatic heterocycles. The number of hydrogen-bond acceptors (Lipinski definition) is 4. The number of unbranched alkanes of at least 4 members (excludes halogenated alkanes) is 4. The van der Waals surface area contributed by atoms with E-state index in [4.69, 9.17) is 9.52 Å². The van der Waals surface area contributed by atoms with Crippen molar-refractivity contribution < 1.29 is 22.7 Å². The van der Waals surface area contributed by atoms with Crippen molar-refractivity contribution in [3.63, 3.8) is 0 Å². The van der Waals surface area contributed by atoms with E-state index in [-0.39, 0.29) is 16.6 Å². The van der Waals surface area contributed by atoms with Crippen molar-refractivity contribution in [2.24, 2.45) is 0 Å². The van der Waals surface area contributed by atoms with E-state index in [0.29, 0.717) is 6.42 Å². The van der Waals surface area contributed by atoms with Crippen LogP contribution >= 0.6 is 0 Å². The molecule has 18 heavy (non-hydrogen) atoms. The van der Waals surface area contributed by atoms with Crippen LogP contribution in [0.2, 0.25) is 0 Å². The van der Waals surface area contributed by atoms with Gasteiger partial charge in [-0.15, -0.1) is 0 Å². The lowest BCUT2D eigenvalue weighted by atomic mass is 10.2. The van der Waals surface area contributed by atoms with Crippen LogP contribution in [-0.2, 0) is 9.84 Å². The van der Waals surface area contributed by atoms with Gasteiger partial charge in [0, 0.05) is 0 Å². The molecular weight excluding hydrogens is 256 g/mol. The van der Waals surface area contributed by atoms with Gasteiger partial charge >= 0.3 is 5.97 Å². The highest BCUT2D eigenvalue weighted by Gasteiger charge is 2.20. The molecule has 0 aliphatic heterocycles. The van der Waals surface area contributed by atoms with Gasteiger partial charge < -0.3 is 9.52 Å². The fraction of sp³-hybridized carbons (Fsp3) is 0.583. The Morgan fingerprint density at radius 2 is 1.89 bits per heavy atom. The monoisotopic (exact) mass is 274 g/mol. The Bertz CT molecular complexity index is 486. The number of rotatable bonds is 8. The van der Waals surface area contributed by atoms with Gasteiger partial charge in [0.2, 0.25) is 20.7 Å². The van der Waals surface area contributed by atoms with Gasteiger partial charge in [0.25, 0.3) is 0 Å². The van der Waals surface area contributed by atoms with E-state index in [9.17, 15) is 13.2 Å². The average Bonchev–Trinajstić information content (AvgIpc) is 2.78. The van der Waals surface area contributed by atoms with E-state index in [1.165, 1.54) is 6.07 Å². The highest BCUT2D eigenvalue weighted by molar-refractivity contribution is 7.91. The number of hydrogen-bond donors (Lipinski definition) is 1.